The molecule has 6 nitrogen and oxygen atoms in total. The molecule has 28 heavy (non-hydrogen) atoms. The van der Waals surface area contributed by atoms with Gasteiger partial charge < -0.3 is 15.0 Å². The molecule has 3 aliphatic heterocycles. The molecule has 1 spiro atoms. The van der Waals surface area contributed by atoms with Gasteiger partial charge in [0.15, 0.2) is 9.84 Å². The van der Waals surface area contributed by atoms with E-state index in [9.17, 15) is 8.42 Å². The van der Waals surface area contributed by atoms with Crippen molar-refractivity contribution in [3.63, 3.8) is 0 Å². The van der Waals surface area contributed by atoms with Crippen LogP contribution in [0, 0.1) is 11.3 Å². The number of sulfone groups is 1. The first-order valence-electron chi connectivity index (χ1n) is 10.4. The highest BCUT2D eigenvalue weighted by Crippen LogP contribution is 2.43. The maximum Gasteiger partial charge on any atom is 0.195 e. The number of nitrogens with zero attached hydrogens (tertiary/aromatic N) is 2. The van der Waals surface area contributed by atoms with Gasteiger partial charge in [0.05, 0.1) is 4.90 Å². The van der Waals surface area contributed by atoms with E-state index in [-0.39, 0.29) is 10.3 Å². The molecular weight excluding hydrogens is 398 g/mol. The molecule has 3 saturated heterocycles. The van der Waals surface area contributed by atoms with E-state index in [2.05, 4.69) is 15.2 Å². The molecule has 1 aromatic heterocycles. The van der Waals surface area contributed by atoms with Crippen LogP contribution in [0.4, 0.5) is 0 Å². The summed E-state index contributed by atoms with van der Waals surface area (Å²) in [4.78, 5) is 6.78. The Morgan fingerprint density at radius 1 is 1.21 bits per heavy atom. The van der Waals surface area contributed by atoms with Crippen molar-refractivity contribution < 1.29 is 13.2 Å². The Hall–Kier alpha value is -0.730. The summed E-state index contributed by atoms with van der Waals surface area (Å²) in [5.41, 5.74) is 0.134. The number of aromatic nitrogens is 1. The second-order valence-corrected chi connectivity index (χ2v) is 11.1. The molecule has 0 radical (unpaired) electrons. The van der Waals surface area contributed by atoms with Crippen molar-refractivity contribution in [2.75, 3.05) is 39.4 Å². The minimum Gasteiger partial charge on any atom is -0.381 e. The third kappa shape index (κ3) is 4.54. The van der Waals surface area contributed by atoms with Crippen LogP contribution in [0.15, 0.2) is 23.2 Å². The van der Waals surface area contributed by atoms with Gasteiger partial charge in [0.1, 0.15) is 10.5 Å². The lowest BCUT2D eigenvalue weighted by Crippen LogP contribution is -2.52. The SMILES string of the molecule is O=S(=O)(c1ccc(Cl)nc1)C1CC2(CCN1)CCN(CC1CCOCC1)CC2. The van der Waals surface area contributed by atoms with Crippen LogP contribution < -0.4 is 5.32 Å². The zero-order valence-corrected chi connectivity index (χ0v) is 17.8. The van der Waals surface area contributed by atoms with Crippen molar-refractivity contribution in [2.24, 2.45) is 11.3 Å². The summed E-state index contributed by atoms with van der Waals surface area (Å²) in [6, 6.07) is 3.10. The maximum atomic E-state index is 13.1. The van der Waals surface area contributed by atoms with E-state index in [0.29, 0.717) is 11.6 Å². The van der Waals surface area contributed by atoms with Crippen LogP contribution in [-0.2, 0) is 14.6 Å². The van der Waals surface area contributed by atoms with Gasteiger partial charge in [-0.15, -0.1) is 0 Å². The molecule has 8 heteroatoms. The quantitative estimate of drug-likeness (QED) is 0.745. The molecule has 0 saturated carbocycles. The van der Waals surface area contributed by atoms with Gasteiger partial charge in [-0.05, 0) is 81.6 Å². The topological polar surface area (TPSA) is 71.5 Å². The van der Waals surface area contributed by atoms with Crippen LogP contribution in [0.3, 0.4) is 0 Å². The van der Waals surface area contributed by atoms with Crippen LogP contribution >= 0.6 is 11.6 Å². The van der Waals surface area contributed by atoms with Gasteiger partial charge in [-0.1, -0.05) is 11.6 Å². The van der Waals surface area contributed by atoms with E-state index in [1.165, 1.54) is 19.0 Å². The predicted molar refractivity (Wildman–Crippen MR) is 109 cm³/mol. The van der Waals surface area contributed by atoms with Gasteiger partial charge in [0, 0.05) is 26.0 Å². The lowest BCUT2D eigenvalue weighted by molar-refractivity contribution is 0.0276. The van der Waals surface area contributed by atoms with Crippen molar-refractivity contribution in [3.8, 4) is 0 Å². The first-order valence-corrected chi connectivity index (χ1v) is 12.3. The first kappa shape index (κ1) is 20.5. The summed E-state index contributed by atoms with van der Waals surface area (Å²) in [6.07, 6.45) is 7.62. The molecule has 3 fully saturated rings. The van der Waals surface area contributed by atoms with E-state index in [1.807, 2.05) is 0 Å². The Labute approximate surface area is 172 Å². The molecule has 0 bridgehead atoms. The monoisotopic (exact) mass is 427 g/mol. The number of hydrogen-bond donors (Lipinski definition) is 1. The minimum absolute atomic E-state index is 0.134. The number of hydrogen-bond acceptors (Lipinski definition) is 6. The third-order valence-electron chi connectivity index (χ3n) is 6.82. The van der Waals surface area contributed by atoms with Gasteiger partial charge in [-0.25, -0.2) is 13.4 Å². The van der Waals surface area contributed by atoms with Crippen molar-refractivity contribution in [1.29, 1.82) is 0 Å². The van der Waals surface area contributed by atoms with Crippen LogP contribution in [0.5, 0.6) is 0 Å². The van der Waals surface area contributed by atoms with Gasteiger partial charge in [-0.3, -0.25) is 0 Å². The lowest BCUT2D eigenvalue weighted by atomic mass is 9.71. The molecule has 4 rings (SSSR count). The summed E-state index contributed by atoms with van der Waals surface area (Å²) in [6.45, 7) is 5.86. The summed E-state index contributed by atoms with van der Waals surface area (Å²) < 4.78 is 31.6. The molecule has 1 atom stereocenters. The maximum absolute atomic E-state index is 13.1. The zero-order chi connectivity index (χ0) is 19.6. The van der Waals surface area contributed by atoms with Gasteiger partial charge in [0.2, 0.25) is 0 Å². The molecule has 0 aliphatic carbocycles. The Morgan fingerprint density at radius 3 is 2.64 bits per heavy atom. The van der Waals surface area contributed by atoms with Crippen molar-refractivity contribution >= 4 is 21.4 Å². The smallest absolute Gasteiger partial charge is 0.195 e. The van der Waals surface area contributed by atoms with Crippen molar-refractivity contribution in [2.45, 2.75) is 48.8 Å². The highest BCUT2D eigenvalue weighted by Gasteiger charge is 2.43. The Balaban J connectivity index is 1.38. The summed E-state index contributed by atoms with van der Waals surface area (Å²) in [5.74, 6) is 0.751. The summed E-state index contributed by atoms with van der Waals surface area (Å²) in [5, 5.41) is 3.02. The van der Waals surface area contributed by atoms with Crippen molar-refractivity contribution in [3.05, 3.63) is 23.5 Å². The van der Waals surface area contributed by atoms with Crippen LogP contribution in [0.1, 0.15) is 38.5 Å². The van der Waals surface area contributed by atoms with Gasteiger partial charge in [-0.2, -0.15) is 0 Å². The predicted octanol–water partition coefficient (Wildman–Crippen LogP) is 2.73. The van der Waals surface area contributed by atoms with Gasteiger partial charge >= 0.3 is 0 Å². The Morgan fingerprint density at radius 2 is 1.96 bits per heavy atom. The summed E-state index contributed by atoms with van der Waals surface area (Å²) in [7, 11) is -3.45. The van der Waals surface area contributed by atoms with Crippen LogP contribution in [0.2, 0.25) is 5.15 Å². The van der Waals surface area contributed by atoms with E-state index >= 15 is 0 Å². The summed E-state index contributed by atoms with van der Waals surface area (Å²) >= 11 is 5.81. The number of ether oxygens (including phenoxy) is 1. The molecule has 4 heterocycles. The third-order valence-corrected chi connectivity index (χ3v) is 9.03. The highest BCUT2D eigenvalue weighted by atomic mass is 35.5. The number of rotatable bonds is 4. The largest absolute Gasteiger partial charge is 0.381 e. The highest BCUT2D eigenvalue weighted by molar-refractivity contribution is 7.92. The molecular formula is C20H30ClN3O3S. The number of pyridine rings is 1. The second-order valence-electron chi connectivity index (χ2n) is 8.61. The van der Waals surface area contributed by atoms with Gasteiger partial charge in [0.25, 0.3) is 0 Å². The van der Waals surface area contributed by atoms with E-state index in [1.54, 1.807) is 12.1 Å². The average molecular weight is 428 g/mol. The van der Waals surface area contributed by atoms with E-state index in [4.69, 9.17) is 16.3 Å². The lowest BCUT2D eigenvalue weighted by Gasteiger charge is -2.47. The number of nitrogens with one attached hydrogen (secondary N) is 1. The average Bonchev–Trinajstić information content (AvgIpc) is 2.71. The molecule has 156 valence electrons. The van der Waals surface area contributed by atoms with Crippen LogP contribution in [-0.4, -0.2) is 63.1 Å². The van der Waals surface area contributed by atoms with E-state index in [0.717, 1.165) is 64.6 Å². The minimum atomic E-state index is -3.45. The zero-order valence-electron chi connectivity index (χ0n) is 16.3. The fourth-order valence-electron chi connectivity index (χ4n) is 4.94. The number of halogens is 1. The van der Waals surface area contributed by atoms with E-state index < -0.39 is 15.2 Å². The molecule has 1 unspecified atom stereocenters. The second kappa shape index (κ2) is 8.56. The fraction of sp³-hybridized carbons (Fsp3) is 0.750. The molecule has 1 aromatic rings. The normalized spacial score (nSPS) is 27.1. The number of likely N-dealkylation sites (tertiary alicyclic amines) is 1. The molecule has 0 aromatic carbocycles. The number of piperidine rings is 2. The standard InChI is InChI=1S/C20H30ClN3O3S/c21-18-2-1-17(14-23-18)28(25,26)19-13-20(5-8-22-19)6-9-24(10-7-20)15-16-3-11-27-12-4-16/h1-2,14,16,19,22H,3-13,15H2. The van der Waals surface area contributed by atoms with Crippen molar-refractivity contribution in [1.82, 2.24) is 15.2 Å². The van der Waals surface area contributed by atoms with Crippen LogP contribution in [0.25, 0.3) is 0 Å². The molecule has 3 aliphatic rings. The first-order chi connectivity index (χ1) is 13.5. The fourth-order valence-corrected chi connectivity index (χ4v) is 6.75. The Kier molecular flexibility index (Phi) is 6.28. The molecule has 0 amide bonds. The Bertz CT molecular complexity index is 757. The molecule has 1 N–H and O–H groups in total.